The van der Waals surface area contributed by atoms with E-state index >= 15 is 0 Å². The van der Waals surface area contributed by atoms with E-state index in [1.165, 1.54) is 18.6 Å². The van der Waals surface area contributed by atoms with E-state index in [2.05, 4.69) is 40.2 Å². The molecule has 1 unspecified atom stereocenters. The van der Waals surface area contributed by atoms with Crippen LogP contribution in [0.25, 0.3) is 0 Å². The summed E-state index contributed by atoms with van der Waals surface area (Å²) in [7, 11) is -2.04. The van der Waals surface area contributed by atoms with Crippen LogP contribution in [0.2, 0.25) is 0 Å². The SMILES string of the molecule is CNS(=O)(=O)c1cccc(C(C)Nc2nc(C(C)(C)C)ns2)c1. The largest absolute Gasteiger partial charge is 0.354 e. The number of rotatable bonds is 5. The van der Waals surface area contributed by atoms with E-state index in [0.29, 0.717) is 0 Å². The molecule has 2 N–H and O–H groups in total. The Hall–Kier alpha value is -1.51. The highest BCUT2D eigenvalue weighted by Crippen LogP contribution is 2.26. The molecule has 1 aromatic heterocycles. The maximum atomic E-state index is 11.9. The monoisotopic (exact) mass is 354 g/mol. The van der Waals surface area contributed by atoms with Crippen LogP contribution in [0.5, 0.6) is 0 Å². The summed E-state index contributed by atoms with van der Waals surface area (Å²) in [4.78, 5) is 4.75. The molecule has 0 aliphatic rings. The van der Waals surface area contributed by atoms with Gasteiger partial charge in [-0.15, -0.1) is 0 Å². The van der Waals surface area contributed by atoms with E-state index in [1.807, 2.05) is 13.0 Å². The molecule has 0 aliphatic carbocycles. The summed E-state index contributed by atoms with van der Waals surface area (Å²) in [5.74, 6) is 0.795. The molecule has 0 saturated carbocycles. The normalized spacial score (nSPS) is 13.8. The van der Waals surface area contributed by atoms with Gasteiger partial charge in [0.2, 0.25) is 15.2 Å². The zero-order valence-electron chi connectivity index (χ0n) is 13.9. The second kappa shape index (κ2) is 6.54. The van der Waals surface area contributed by atoms with Crippen LogP contribution >= 0.6 is 11.5 Å². The number of hydrogen-bond donors (Lipinski definition) is 2. The van der Waals surface area contributed by atoms with Gasteiger partial charge in [-0.1, -0.05) is 32.9 Å². The van der Waals surface area contributed by atoms with Gasteiger partial charge < -0.3 is 5.32 Å². The molecular formula is C15H22N4O2S2. The van der Waals surface area contributed by atoms with Gasteiger partial charge in [-0.3, -0.25) is 0 Å². The van der Waals surface area contributed by atoms with Crippen molar-refractivity contribution in [1.82, 2.24) is 14.1 Å². The van der Waals surface area contributed by atoms with Crippen molar-refractivity contribution in [3.8, 4) is 0 Å². The Bertz CT molecular complexity index is 779. The lowest BCUT2D eigenvalue weighted by Gasteiger charge is -2.15. The van der Waals surface area contributed by atoms with Gasteiger partial charge in [0.25, 0.3) is 0 Å². The van der Waals surface area contributed by atoms with E-state index in [0.717, 1.165) is 16.5 Å². The summed E-state index contributed by atoms with van der Waals surface area (Å²) in [5, 5.41) is 4.00. The van der Waals surface area contributed by atoms with Gasteiger partial charge in [0, 0.05) is 16.9 Å². The topological polar surface area (TPSA) is 84.0 Å². The molecule has 0 spiro atoms. The van der Waals surface area contributed by atoms with E-state index < -0.39 is 10.0 Å². The highest BCUT2D eigenvalue weighted by Gasteiger charge is 2.20. The van der Waals surface area contributed by atoms with Crippen LogP contribution in [0.3, 0.4) is 0 Å². The quantitative estimate of drug-likeness (QED) is 0.862. The van der Waals surface area contributed by atoms with Crippen molar-refractivity contribution in [3.05, 3.63) is 35.7 Å². The van der Waals surface area contributed by atoms with Gasteiger partial charge in [0.05, 0.1) is 10.9 Å². The third-order valence-electron chi connectivity index (χ3n) is 3.37. The number of hydrogen-bond acceptors (Lipinski definition) is 6. The Balaban J connectivity index is 2.20. The molecule has 0 radical (unpaired) electrons. The number of anilines is 1. The second-order valence-corrected chi connectivity index (χ2v) is 8.96. The molecular weight excluding hydrogens is 332 g/mol. The highest BCUT2D eigenvalue weighted by molar-refractivity contribution is 7.89. The summed E-state index contributed by atoms with van der Waals surface area (Å²) < 4.78 is 30.5. The zero-order valence-corrected chi connectivity index (χ0v) is 15.5. The molecule has 1 heterocycles. The fourth-order valence-corrected chi connectivity index (χ4v) is 3.55. The first-order valence-electron chi connectivity index (χ1n) is 7.28. The molecule has 23 heavy (non-hydrogen) atoms. The van der Waals surface area contributed by atoms with Crippen molar-refractivity contribution in [3.63, 3.8) is 0 Å². The third-order valence-corrected chi connectivity index (χ3v) is 5.43. The van der Waals surface area contributed by atoms with Crippen molar-refractivity contribution in [2.75, 3.05) is 12.4 Å². The molecule has 1 aromatic carbocycles. The molecule has 0 bridgehead atoms. The standard InChI is InChI=1S/C15H22N4O2S2/c1-10(17-14-18-13(19-22-14)15(2,3)4)11-7-6-8-12(9-11)23(20,21)16-5/h6-10,16H,1-5H3,(H,17,18,19). The van der Waals surface area contributed by atoms with Crippen LogP contribution in [0, 0.1) is 0 Å². The van der Waals surface area contributed by atoms with Crippen molar-refractivity contribution in [2.45, 2.75) is 44.0 Å². The van der Waals surface area contributed by atoms with E-state index in [9.17, 15) is 8.42 Å². The fourth-order valence-electron chi connectivity index (χ4n) is 1.92. The first kappa shape index (κ1) is 17.8. The van der Waals surface area contributed by atoms with Crippen LogP contribution in [-0.4, -0.2) is 24.8 Å². The number of nitrogens with zero attached hydrogens (tertiary/aromatic N) is 2. The number of aromatic nitrogens is 2. The summed E-state index contributed by atoms with van der Waals surface area (Å²) in [5.41, 5.74) is 0.773. The Morgan fingerprint density at radius 1 is 1.26 bits per heavy atom. The second-order valence-electron chi connectivity index (χ2n) is 6.32. The van der Waals surface area contributed by atoms with Gasteiger partial charge >= 0.3 is 0 Å². The molecule has 0 aliphatic heterocycles. The first-order valence-corrected chi connectivity index (χ1v) is 9.53. The molecule has 0 saturated heterocycles. The van der Waals surface area contributed by atoms with Gasteiger partial charge in [0.15, 0.2) is 0 Å². The average Bonchev–Trinajstić information content (AvgIpc) is 2.96. The van der Waals surface area contributed by atoms with Gasteiger partial charge in [0.1, 0.15) is 5.82 Å². The van der Waals surface area contributed by atoms with Crippen LogP contribution in [0.1, 0.15) is 45.1 Å². The lowest BCUT2D eigenvalue weighted by Crippen LogP contribution is -2.19. The minimum atomic E-state index is -3.45. The number of nitrogens with one attached hydrogen (secondary N) is 2. The van der Waals surface area contributed by atoms with Crippen LogP contribution in [0.4, 0.5) is 5.13 Å². The summed E-state index contributed by atoms with van der Waals surface area (Å²) in [6.07, 6.45) is 0. The lowest BCUT2D eigenvalue weighted by molar-refractivity contribution is 0.555. The number of benzene rings is 1. The van der Waals surface area contributed by atoms with Crippen LogP contribution in [0.15, 0.2) is 29.2 Å². The fraction of sp³-hybridized carbons (Fsp3) is 0.467. The molecule has 2 aromatic rings. The predicted octanol–water partition coefficient (Wildman–Crippen LogP) is 2.92. The van der Waals surface area contributed by atoms with Crippen LogP contribution in [-0.2, 0) is 15.4 Å². The van der Waals surface area contributed by atoms with Crippen molar-refractivity contribution >= 4 is 26.7 Å². The molecule has 126 valence electrons. The van der Waals surface area contributed by atoms with Gasteiger partial charge in [-0.05, 0) is 31.7 Å². The zero-order chi connectivity index (χ0) is 17.3. The minimum absolute atomic E-state index is 0.0808. The Morgan fingerprint density at radius 3 is 2.52 bits per heavy atom. The third kappa shape index (κ3) is 4.27. The maximum absolute atomic E-state index is 11.9. The summed E-state index contributed by atoms with van der Waals surface area (Å²) >= 11 is 1.31. The predicted molar refractivity (Wildman–Crippen MR) is 93.3 cm³/mol. The molecule has 8 heteroatoms. The Morgan fingerprint density at radius 2 is 1.96 bits per heavy atom. The average molecular weight is 355 g/mol. The summed E-state index contributed by atoms with van der Waals surface area (Å²) in [6, 6.07) is 6.78. The van der Waals surface area contributed by atoms with Gasteiger partial charge in [-0.2, -0.15) is 4.37 Å². The Kier molecular flexibility index (Phi) is 5.07. The summed E-state index contributed by atoms with van der Waals surface area (Å²) in [6.45, 7) is 8.15. The van der Waals surface area contributed by atoms with Gasteiger partial charge in [-0.25, -0.2) is 18.1 Å². The van der Waals surface area contributed by atoms with Crippen LogP contribution < -0.4 is 10.0 Å². The first-order chi connectivity index (χ1) is 10.6. The van der Waals surface area contributed by atoms with Crippen molar-refractivity contribution in [2.24, 2.45) is 0 Å². The van der Waals surface area contributed by atoms with E-state index in [-0.39, 0.29) is 16.4 Å². The highest BCUT2D eigenvalue weighted by atomic mass is 32.2. The minimum Gasteiger partial charge on any atom is -0.354 e. The molecule has 0 fully saturated rings. The molecule has 1 atom stereocenters. The molecule has 2 rings (SSSR count). The Labute approximate surface area is 141 Å². The lowest BCUT2D eigenvalue weighted by atomic mass is 9.96. The smallest absolute Gasteiger partial charge is 0.240 e. The maximum Gasteiger partial charge on any atom is 0.240 e. The van der Waals surface area contributed by atoms with Crippen molar-refractivity contribution in [1.29, 1.82) is 0 Å². The molecule has 6 nitrogen and oxygen atoms in total. The van der Waals surface area contributed by atoms with E-state index in [4.69, 9.17) is 0 Å². The number of sulfonamides is 1. The van der Waals surface area contributed by atoms with E-state index in [1.54, 1.807) is 18.2 Å². The van der Waals surface area contributed by atoms with Crippen molar-refractivity contribution < 1.29 is 8.42 Å². The molecule has 0 amide bonds.